The van der Waals surface area contributed by atoms with Crippen molar-refractivity contribution in [2.75, 3.05) is 0 Å². The van der Waals surface area contributed by atoms with Crippen LogP contribution in [0.15, 0.2) is 29.2 Å². The molecular formula is C12H14O4S. The predicted octanol–water partition coefficient (Wildman–Crippen LogP) is 1.68. The molecule has 0 saturated heterocycles. The lowest BCUT2D eigenvalue weighted by Gasteiger charge is -2.22. The lowest BCUT2D eigenvalue weighted by atomic mass is 10.1. The van der Waals surface area contributed by atoms with E-state index in [2.05, 4.69) is 0 Å². The highest BCUT2D eigenvalue weighted by atomic mass is 32.2. The summed E-state index contributed by atoms with van der Waals surface area (Å²) >= 11 is 0. The minimum atomic E-state index is -3.65. The molecule has 92 valence electrons. The lowest BCUT2D eigenvalue weighted by molar-refractivity contribution is -0.109. The van der Waals surface area contributed by atoms with Gasteiger partial charge in [-0.1, -0.05) is 12.8 Å². The molecule has 0 amide bonds. The zero-order valence-electron chi connectivity index (χ0n) is 9.30. The van der Waals surface area contributed by atoms with Crippen LogP contribution in [0.25, 0.3) is 0 Å². The first kappa shape index (κ1) is 12.1. The standard InChI is InChI=1S/C12H14O4S/c13-9-12(7-1-2-8-12)17(15,16)11-5-3-10(14)4-6-11/h3-6,9,14H,1-2,7-8H2. The summed E-state index contributed by atoms with van der Waals surface area (Å²) in [5.41, 5.74) is 0. The number of phenols is 1. The van der Waals surface area contributed by atoms with Crippen molar-refractivity contribution in [3.8, 4) is 5.75 Å². The summed E-state index contributed by atoms with van der Waals surface area (Å²) in [6.07, 6.45) is 2.87. The Morgan fingerprint density at radius 3 is 2.12 bits per heavy atom. The number of sulfone groups is 1. The van der Waals surface area contributed by atoms with Gasteiger partial charge in [0, 0.05) is 0 Å². The van der Waals surface area contributed by atoms with E-state index in [1.165, 1.54) is 24.3 Å². The van der Waals surface area contributed by atoms with Gasteiger partial charge >= 0.3 is 0 Å². The third-order valence-corrected chi connectivity index (χ3v) is 5.81. The van der Waals surface area contributed by atoms with Crippen LogP contribution in [0, 0.1) is 0 Å². The van der Waals surface area contributed by atoms with E-state index >= 15 is 0 Å². The average molecular weight is 254 g/mol. The fraction of sp³-hybridized carbons (Fsp3) is 0.417. The summed E-state index contributed by atoms with van der Waals surface area (Å²) in [6, 6.07) is 5.32. The number of hydrogen-bond acceptors (Lipinski definition) is 4. The maximum atomic E-state index is 12.4. The molecule has 1 aromatic rings. The molecule has 1 aliphatic carbocycles. The van der Waals surface area contributed by atoms with Crippen molar-refractivity contribution >= 4 is 16.1 Å². The second kappa shape index (κ2) is 4.14. The van der Waals surface area contributed by atoms with Crippen molar-refractivity contribution in [2.24, 2.45) is 0 Å². The maximum absolute atomic E-state index is 12.4. The monoisotopic (exact) mass is 254 g/mol. The van der Waals surface area contributed by atoms with Crippen molar-refractivity contribution < 1.29 is 18.3 Å². The molecule has 2 rings (SSSR count). The van der Waals surface area contributed by atoms with Crippen LogP contribution >= 0.6 is 0 Å². The summed E-state index contributed by atoms with van der Waals surface area (Å²) in [7, 11) is -3.65. The first-order valence-electron chi connectivity index (χ1n) is 5.52. The Balaban J connectivity index is 2.48. The first-order valence-corrected chi connectivity index (χ1v) is 7.00. The van der Waals surface area contributed by atoms with Crippen molar-refractivity contribution in [1.82, 2.24) is 0 Å². The summed E-state index contributed by atoms with van der Waals surface area (Å²) in [5.74, 6) is 0.00975. The van der Waals surface area contributed by atoms with Gasteiger partial charge < -0.3 is 9.90 Å². The van der Waals surface area contributed by atoms with Gasteiger partial charge in [0.1, 0.15) is 16.8 Å². The molecule has 1 aliphatic rings. The molecule has 0 atom stereocenters. The number of aldehydes is 1. The number of carbonyl (C=O) groups excluding carboxylic acids is 1. The number of phenolic OH excluding ortho intramolecular Hbond substituents is 1. The number of rotatable bonds is 3. The van der Waals surface area contributed by atoms with Gasteiger partial charge in [0.05, 0.1) is 4.90 Å². The highest BCUT2D eigenvalue weighted by Crippen LogP contribution is 2.39. The van der Waals surface area contributed by atoms with E-state index in [-0.39, 0.29) is 10.6 Å². The molecule has 4 nitrogen and oxygen atoms in total. The van der Waals surface area contributed by atoms with Gasteiger partial charge in [0.25, 0.3) is 0 Å². The van der Waals surface area contributed by atoms with Crippen LogP contribution in [0.4, 0.5) is 0 Å². The topological polar surface area (TPSA) is 71.4 Å². The summed E-state index contributed by atoms with van der Waals surface area (Å²) in [4.78, 5) is 11.3. The Morgan fingerprint density at radius 1 is 1.12 bits per heavy atom. The molecule has 0 bridgehead atoms. The summed E-state index contributed by atoms with van der Waals surface area (Å²) < 4.78 is 23.5. The highest BCUT2D eigenvalue weighted by molar-refractivity contribution is 7.93. The van der Waals surface area contributed by atoms with Crippen molar-refractivity contribution in [3.05, 3.63) is 24.3 Å². The quantitative estimate of drug-likeness (QED) is 0.833. The van der Waals surface area contributed by atoms with Gasteiger partial charge in [-0.05, 0) is 37.1 Å². The van der Waals surface area contributed by atoms with E-state index in [4.69, 9.17) is 5.11 Å². The van der Waals surface area contributed by atoms with Crippen LogP contribution in [0.5, 0.6) is 5.75 Å². The molecule has 0 radical (unpaired) electrons. The molecule has 5 heteroatoms. The molecule has 17 heavy (non-hydrogen) atoms. The van der Waals surface area contributed by atoms with Gasteiger partial charge in [-0.3, -0.25) is 0 Å². The van der Waals surface area contributed by atoms with E-state index in [0.717, 1.165) is 12.8 Å². The normalized spacial score (nSPS) is 19.1. The second-order valence-electron chi connectivity index (χ2n) is 4.39. The molecule has 0 aromatic heterocycles. The number of hydrogen-bond donors (Lipinski definition) is 1. The van der Waals surface area contributed by atoms with Gasteiger partial charge in [-0.25, -0.2) is 8.42 Å². The number of carbonyl (C=O) groups is 1. The highest BCUT2D eigenvalue weighted by Gasteiger charge is 2.46. The van der Waals surface area contributed by atoms with Crippen molar-refractivity contribution in [2.45, 2.75) is 35.3 Å². The molecule has 1 fully saturated rings. The Labute approximate surface area is 100 Å². The van der Waals surface area contributed by atoms with Crippen molar-refractivity contribution in [3.63, 3.8) is 0 Å². The third kappa shape index (κ3) is 1.84. The molecule has 0 spiro atoms. The number of benzene rings is 1. The molecule has 0 unspecified atom stereocenters. The van der Waals surface area contributed by atoms with E-state index in [0.29, 0.717) is 19.1 Å². The fourth-order valence-corrected chi connectivity index (χ4v) is 4.20. The maximum Gasteiger partial charge on any atom is 0.190 e. The molecule has 0 aliphatic heterocycles. The van der Waals surface area contributed by atoms with Crippen LogP contribution < -0.4 is 0 Å². The Hall–Kier alpha value is -1.36. The smallest absolute Gasteiger partial charge is 0.190 e. The first-order chi connectivity index (χ1) is 8.02. The average Bonchev–Trinajstić information content (AvgIpc) is 2.79. The number of aromatic hydroxyl groups is 1. The molecule has 0 heterocycles. The van der Waals surface area contributed by atoms with Crippen LogP contribution in [0.2, 0.25) is 0 Å². The minimum Gasteiger partial charge on any atom is -0.508 e. The van der Waals surface area contributed by atoms with E-state index in [9.17, 15) is 13.2 Å². The fourth-order valence-electron chi connectivity index (χ4n) is 2.28. The molecule has 1 aromatic carbocycles. The second-order valence-corrected chi connectivity index (χ2v) is 6.68. The van der Waals surface area contributed by atoms with Crippen molar-refractivity contribution in [1.29, 1.82) is 0 Å². The Kier molecular flexibility index (Phi) is 2.95. The van der Waals surface area contributed by atoms with Gasteiger partial charge in [0.15, 0.2) is 9.84 Å². The van der Waals surface area contributed by atoms with Crippen LogP contribution in [0.1, 0.15) is 25.7 Å². The minimum absolute atomic E-state index is 0.00975. The Bertz CT molecular complexity index is 510. The van der Waals surface area contributed by atoms with Crippen LogP contribution in [-0.4, -0.2) is 24.6 Å². The van der Waals surface area contributed by atoms with Crippen LogP contribution in [-0.2, 0) is 14.6 Å². The third-order valence-electron chi connectivity index (χ3n) is 3.35. The summed E-state index contributed by atoms with van der Waals surface area (Å²) in [6.45, 7) is 0. The largest absolute Gasteiger partial charge is 0.508 e. The SMILES string of the molecule is O=CC1(S(=O)(=O)c2ccc(O)cc2)CCCC1. The van der Waals surface area contributed by atoms with Gasteiger partial charge in [-0.2, -0.15) is 0 Å². The van der Waals surface area contributed by atoms with Gasteiger partial charge in [-0.15, -0.1) is 0 Å². The molecule has 1 N–H and O–H groups in total. The molecular weight excluding hydrogens is 240 g/mol. The lowest BCUT2D eigenvalue weighted by Crippen LogP contribution is -2.37. The van der Waals surface area contributed by atoms with E-state index < -0.39 is 14.6 Å². The van der Waals surface area contributed by atoms with Crippen LogP contribution in [0.3, 0.4) is 0 Å². The molecule has 1 saturated carbocycles. The zero-order valence-corrected chi connectivity index (χ0v) is 10.1. The van der Waals surface area contributed by atoms with E-state index in [1.807, 2.05) is 0 Å². The Morgan fingerprint density at radius 2 is 1.65 bits per heavy atom. The predicted molar refractivity (Wildman–Crippen MR) is 62.6 cm³/mol. The zero-order chi connectivity index (χ0) is 12.5. The van der Waals surface area contributed by atoms with Gasteiger partial charge in [0.2, 0.25) is 0 Å². The summed E-state index contributed by atoms with van der Waals surface area (Å²) in [5, 5.41) is 9.14. The van der Waals surface area contributed by atoms with E-state index in [1.54, 1.807) is 0 Å².